The van der Waals surface area contributed by atoms with Crippen LogP contribution in [-0.4, -0.2) is 20.9 Å². The van der Waals surface area contributed by atoms with Gasteiger partial charge in [0.25, 0.3) is 11.5 Å². The van der Waals surface area contributed by atoms with Crippen LogP contribution in [0.15, 0.2) is 63.3 Å². The van der Waals surface area contributed by atoms with Crippen molar-refractivity contribution in [2.75, 3.05) is 5.32 Å². The van der Waals surface area contributed by atoms with E-state index in [9.17, 15) is 9.59 Å². The fourth-order valence-electron chi connectivity index (χ4n) is 2.55. The molecule has 0 aliphatic rings. The number of thiazole rings is 1. The zero-order valence-corrected chi connectivity index (χ0v) is 15.0. The molecule has 1 amide bonds. The number of rotatable bonds is 4. The highest BCUT2D eigenvalue weighted by Gasteiger charge is 2.14. The van der Waals surface area contributed by atoms with Crippen LogP contribution in [0.5, 0.6) is 0 Å². The van der Waals surface area contributed by atoms with Gasteiger partial charge in [0.15, 0.2) is 10.8 Å². The Morgan fingerprint density at radius 2 is 2.07 bits per heavy atom. The van der Waals surface area contributed by atoms with E-state index in [2.05, 4.69) is 20.3 Å². The van der Waals surface area contributed by atoms with E-state index >= 15 is 0 Å². The first-order chi connectivity index (χ1) is 13.1. The van der Waals surface area contributed by atoms with Gasteiger partial charge in [-0.3, -0.25) is 9.59 Å². The van der Waals surface area contributed by atoms with Crippen molar-refractivity contribution in [2.45, 2.75) is 6.92 Å². The number of benzene rings is 1. The lowest BCUT2D eigenvalue weighted by atomic mass is 10.2. The molecule has 8 heteroatoms. The van der Waals surface area contributed by atoms with E-state index in [1.54, 1.807) is 48.9 Å². The topological polar surface area (TPSA) is 101 Å². The van der Waals surface area contributed by atoms with Crippen LogP contribution in [0.3, 0.4) is 0 Å². The van der Waals surface area contributed by atoms with Crippen LogP contribution in [0.25, 0.3) is 22.2 Å². The lowest BCUT2D eigenvalue weighted by molar-refractivity contribution is 0.102. The van der Waals surface area contributed by atoms with Crippen molar-refractivity contribution in [1.29, 1.82) is 0 Å². The number of carbonyl (C=O) groups is 1. The van der Waals surface area contributed by atoms with Gasteiger partial charge in [0, 0.05) is 28.4 Å². The predicted octanol–water partition coefficient (Wildman–Crippen LogP) is 3.71. The first kappa shape index (κ1) is 16.9. The molecular formula is C19H14N4O3S. The van der Waals surface area contributed by atoms with Crippen molar-refractivity contribution < 1.29 is 9.21 Å². The van der Waals surface area contributed by atoms with Crippen LogP contribution in [-0.2, 0) is 0 Å². The summed E-state index contributed by atoms with van der Waals surface area (Å²) in [5, 5.41) is 5.13. The van der Waals surface area contributed by atoms with Crippen molar-refractivity contribution in [1.82, 2.24) is 15.0 Å². The molecule has 0 atom stereocenters. The van der Waals surface area contributed by atoms with Crippen LogP contribution in [0.1, 0.15) is 16.2 Å². The number of anilines is 1. The Hall–Kier alpha value is -3.52. The van der Waals surface area contributed by atoms with Gasteiger partial charge in [-0.2, -0.15) is 0 Å². The minimum Gasteiger partial charge on any atom is -0.462 e. The van der Waals surface area contributed by atoms with E-state index in [0.29, 0.717) is 39.2 Å². The van der Waals surface area contributed by atoms with Crippen molar-refractivity contribution in [3.05, 3.63) is 75.8 Å². The molecule has 0 saturated carbocycles. The Balaban J connectivity index is 1.56. The maximum Gasteiger partial charge on any atom is 0.275 e. The standard InChI is InChI=1S/C19H14N4O3S/c1-11-8-16(24)23-17(20-11)12-4-2-5-13(9-12)21-18(25)14-10-27-19(22-14)15-6-3-7-26-15/h2-10H,1H3,(H,21,25)(H,20,23,24). The molecule has 0 aliphatic carbocycles. The highest BCUT2D eigenvalue weighted by atomic mass is 32.1. The molecule has 134 valence electrons. The minimum atomic E-state index is -0.327. The molecule has 27 heavy (non-hydrogen) atoms. The third-order valence-electron chi connectivity index (χ3n) is 3.73. The summed E-state index contributed by atoms with van der Waals surface area (Å²) in [6.07, 6.45) is 1.56. The van der Waals surface area contributed by atoms with Crippen LogP contribution >= 0.6 is 11.3 Å². The van der Waals surface area contributed by atoms with Gasteiger partial charge in [-0.05, 0) is 31.2 Å². The van der Waals surface area contributed by atoms with Gasteiger partial charge < -0.3 is 14.7 Å². The lowest BCUT2D eigenvalue weighted by Gasteiger charge is -2.06. The number of aromatic amines is 1. The summed E-state index contributed by atoms with van der Waals surface area (Å²) in [6, 6.07) is 12.1. The Labute approximate surface area is 157 Å². The molecule has 3 heterocycles. The normalized spacial score (nSPS) is 10.7. The Kier molecular flexibility index (Phi) is 4.39. The van der Waals surface area contributed by atoms with Gasteiger partial charge >= 0.3 is 0 Å². The fraction of sp³-hybridized carbons (Fsp3) is 0.0526. The van der Waals surface area contributed by atoms with E-state index in [1.165, 1.54) is 17.4 Å². The largest absolute Gasteiger partial charge is 0.462 e. The molecule has 2 N–H and O–H groups in total. The molecule has 0 bridgehead atoms. The number of nitrogens with one attached hydrogen (secondary N) is 2. The van der Waals surface area contributed by atoms with Gasteiger partial charge in [-0.1, -0.05) is 12.1 Å². The number of furan rings is 1. The molecule has 0 unspecified atom stereocenters. The summed E-state index contributed by atoms with van der Waals surface area (Å²) in [5.74, 6) is 0.743. The van der Waals surface area contributed by atoms with E-state index in [1.807, 2.05) is 6.07 Å². The zero-order valence-electron chi connectivity index (χ0n) is 14.2. The van der Waals surface area contributed by atoms with Crippen LogP contribution in [0.2, 0.25) is 0 Å². The average Bonchev–Trinajstić information content (AvgIpc) is 3.33. The maximum atomic E-state index is 12.5. The van der Waals surface area contributed by atoms with E-state index < -0.39 is 0 Å². The summed E-state index contributed by atoms with van der Waals surface area (Å²) in [6.45, 7) is 1.75. The molecule has 0 saturated heterocycles. The third kappa shape index (κ3) is 3.70. The summed E-state index contributed by atoms with van der Waals surface area (Å²) < 4.78 is 5.30. The number of aryl methyl sites for hydroxylation is 1. The van der Waals surface area contributed by atoms with Crippen LogP contribution in [0.4, 0.5) is 5.69 Å². The Morgan fingerprint density at radius 1 is 1.19 bits per heavy atom. The summed E-state index contributed by atoms with van der Waals surface area (Å²) >= 11 is 1.33. The second kappa shape index (κ2) is 7.00. The molecule has 7 nitrogen and oxygen atoms in total. The summed E-state index contributed by atoms with van der Waals surface area (Å²) in [5.41, 5.74) is 1.98. The number of hydrogen-bond donors (Lipinski definition) is 2. The van der Waals surface area contributed by atoms with E-state index in [-0.39, 0.29) is 11.5 Å². The van der Waals surface area contributed by atoms with Gasteiger partial charge in [0.2, 0.25) is 0 Å². The second-order valence-electron chi connectivity index (χ2n) is 5.79. The van der Waals surface area contributed by atoms with Gasteiger partial charge in [-0.15, -0.1) is 11.3 Å². The van der Waals surface area contributed by atoms with E-state index in [4.69, 9.17) is 4.42 Å². The van der Waals surface area contributed by atoms with Crippen molar-refractivity contribution in [2.24, 2.45) is 0 Å². The number of aromatic nitrogens is 3. The van der Waals surface area contributed by atoms with Crippen molar-refractivity contribution >= 4 is 22.9 Å². The monoisotopic (exact) mass is 378 g/mol. The Bertz CT molecular complexity index is 1160. The highest BCUT2D eigenvalue weighted by molar-refractivity contribution is 7.13. The average molecular weight is 378 g/mol. The third-order valence-corrected chi connectivity index (χ3v) is 4.59. The first-order valence-corrected chi connectivity index (χ1v) is 8.95. The van der Waals surface area contributed by atoms with Crippen LogP contribution in [0, 0.1) is 6.92 Å². The highest BCUT2D eigenvalue weighted by Crippen LogP contribution is 2.25. The molecule has 0 aliphatic heterocycles. The first-order valence-electron chi connectivity index (χ1n) is 8.08. The van der Waals surface area contributed by atoms with Gasteiger partial charge in [0.1, 0.15) is 11.5 Å². The van der Waals surface area contributed by atoms with Crippen LogP contribution < -0.4 is 10.9 Å². The smallest absolute Gasteiger partial charge is 0.275 e. The zero-order chi connectivity index (χ0) is 18.8. The predicted molar refractivity (Wildman–Crippen MR) is 103 cm³/mol. The molecule has 4 aromatic rings. The quantitative estimate of drug-likeness (QED) is 0.564. The fourth-order valence-corrected chi connectivity index (χ4v) is 3.31. The molecule has 3 aromatic heterocycles. The maximum absolute atomic E-state index is 12.5. The number of nitrogens with zero attached hydrogens (tertiary/aromatic N) is 2. The molecule has 0 spiro atoms. The second-order valence-corrected chi connectivity index (χ2v) is 6.64. The van der Waals surface area contributed by atoms with Gasteiger partial charge in [-0.25, -0.2) is 9.97 Å². The molecule has 0 radical (unpaired) electrons. The minimum absolute atomic E-state index is 0.222. The molecule has 1 aromatic carbocycles. The van der Waals surface area contributed by atoms with Gasteiger partial charge in [0.05, 0.1) is 6.26 Å². The number of H-pyrrole nitrogens is 1. The lowest BCUT2D eigenvalue weighted by Crippen LogP contribution is -2.12. The number of hydrogen-bond acceptors (Lipinski definition) is 6. The van der Waals surface area contributed by atoms with E-state index in [0.717, 1.165) is 0 Å². The number of carbonyl (C=O) groups excluding carboxylic acids is 1. The summed E-state index contributed by atoms with van der Waals surface area (Å²) in [4.78, 5) is 35.5. The summed E-state index contributed by atoms with van der Waals surface area (Å²) in [7, 11) is 0. The van der Waals surface area contributed by atoms with Crippen molar-refractivity contribution in [3.63, 3.8) is 0 Å². The number of amides is 1. The Morgan fingerprint density at radius 3 is 2.85 bits per heavy atom. The molecule has 4 rings (SSSR count). The molecular weight excluding hydrogens is 364 g/mol. The SMILES string of the molecule is Cc1cc(=O)[nH]c(-c2cccc(NC(=O)c3csc(-c4ccco4)n3)c2)n1. The van der Waals surface area contributed by atoms with Crippen molar-refractivity contribution in [3.8, 4) is 22.2 Å². The molecule has 0 fully saturated rings.